The number of aryl methyl sites for hydroxylation is 1. The summed E-state index contributed by atoms with van der Waals surface area (Å²) in [5.41, 5.74) is -0.218. The number of nitriles is 1. The first kappa shape index (κ1) is 22.8. The third-order valence-electron chi connectivity index (χ3n) is 5.12. The van der Waals surface area contributed by atoms with Crippen molar-refractivity contribution in [3.8, 4) is 23.7 Å². The van der Waals surface area contributed by atoms with Gasteiger partial charge in [0.05, 0.1) is 30.7 Å². The van der Waals surface area contributed by atoms with Crippen LogP contribution < -0.4 is 14.8 Å². The summed E-state index contributed by atoms with van der Waals surface area (Å²) in [6.45, 7) is 0.644. The third-order valence-corrected chi connectivity index (χ3v) is 6.60. The molecule has 0 radical (unpaired) electrons. The van der Waals surface area contributed by atoms with Crippen LogP contribution in [0.5, 0.6) is 5.75 Å². The molecule has 0 bridgehead atoms. The van der Waals surface area contributed by atoms with E-state index in [4.69, 9.17) is 14.7 Å². The molecule has 2 aromatic rings. The number of benzene rings is 1. The molecule has 3 N–H and O–H groups in total. The molecular formula is C21H19FN4O6S. The number of halogens is 1. The number of carbonyl (C=O) groups is 1. The predicted molar refractivity (Wildman–Crippen MR) is 112 cm³/mol. The van der Waals surface area contributed by atoms with Gasteiger partial charge < -0.3 is 24.5 Å². The second-order valence-corrected chi connectivity index (χ2v) is 9.23. The number of nitrogens with one attached hydrogen (secondary N) is 2. The number of rotatable bonds is 3. The molecular weight excluding hydrogens is 455 g/mol. The van der Waals surface area contributed by atoms with Crippen LogP contribution in [-0.2, 0) is 21.8 Å². The van der Waals surface area contributed by atoms with Crippen molar-refractivity contribution in [2.24, 2.45) is 13.0 Å². The molecule has 2 aliphatic heterocycles. The first-order valence-electron chi connectivity index (χ1n) is 9.82. The van der Waals surface area contributed by atoms with Crippen LogP contribution in [0, 0.1) is 34.9 Å². The number of aliphatic hydroxyl groups is 1. The van der Waals surface area contributed by atoms with Crippen molar-refractivity contribution in [3.63, 3.8) is 0 Å². The molecule has 1 aromatic carbocycles. The van der Waals surface area contributed by atoms with Crippen LogP contribution in [0.2, 0.25) is 0 Å². The number of aliphatic hydroxyl groups excluding tert-OH is 1. The maximum Gasteiger partial charge on any atom is 0.276 e. The van der Waals surface area contributed by atoms with Crippen molar-refractivity contribution in [2.75, 3.05) is 25.1 Å². The number of hydrogen-bond donors (Lipinski definition) is 3. The van der Waals surface area contributed by atoms with E-state index in [0.29, 0.717) is 13.2 Å². The molecule has 33 heavy (non-hydrogen) atoms. The van der Waals surface area contributed by atoms with Crippen LogP contribution in [0.4, 0.5) is 10.1 Å². The van der Waals surface area contributed by atoms with E-state index in [9.17, 15) is 22.7 Å². The lowest BCUT2D eigenvalue weighted by atomic mass is 10.1. The molecule has 1 amide bonds. The molecule has 2 aliphatic rings. The molecule has 1 fully saturated rings. The first-order valence-corrected chi connectivity index (χ1v) is 11.3. The summed E-state index contributed by atoms with van der Waals surface area (Å²) >= 11 is 0. The average Bonchev–Trinajstić information content (AvgIpc) is 3.01. The lowest BCUT2D eigenvalue weighted by molar-refractivity contribution is -0.00323. The molecule has 12 heteroatoms. The minimum absolute atomic E-state index is 0.00953. The van der Waals surface area contributed by atoms with Crippen LogP contribution in [-0.4, -0.2) is 56.0 Å². The minimum atomic E-state index is -4.15. The van der Waals surface area contributed by atoms with Crippen molar-refractivity contribution in [1.82, 2.24) is 9.29 Å². The van der Waals surface area contributed by atoms with Gasteiger partial charge in [0, 0.05) is 18.9 Å². The maximum absolute atomic E-state index is 13.6. The quantitative estimate of drug-likeness (QED) is 0.545. The van der Waals surface area contributed by atoms with Crippen molar-refractivity contribution >= 4 is 21.6 Å². The molecule has 1 aromatic heterocycles. The summed E-state index contributed by atoms with van der Waals surface area (Å²) in [6.07, 6.45) is -0.122. The number of anilines is 1. The summed E-state index contributed by atoms with van der Waals surface area (Å²) in [5.74, 6) is 3.77. The number of carbonyl (C=O) groups excluding carboxylic acids is 1. The van der Waals surface area contributed by atoms with Gasteiger partial charge in [-0.1, -0.05) is 11.8 Å². The first-order chi connectivity index (χ1) is 15.7. The number of hydrogen-bond acceptors (Lipinski definition) is 7. The molecule has 0 spiro atoms. The normalized spacial score (nSPS) is 20.0. The van der Waals surface area contributed by atoms with Gasteiger partial charge in [-0.25, -0.2) is 17.5 Å². The summed E-state index contributed by atoms with van der Waals surface area (Å²) in [5, 5.41) is 21.8. The summed E-state index contributed by atoms with van der Waals surface area (Å²) in [7, 11) is -2.68. The zero-order valence-electron chi connectivity index (χ0n) is 17.3. The van der Waals surface area contributed by atoms with Crippen LogP contribution in [0.1, 0.15) is 16.1 Å². The molecule has 172 valence electrons. The Balaban J connectivity index is 1.59. The fourth-order valence-electron chi connectivity index (χ4n) is 3.30. The van der Waals surface area contributed by atoms with Gasteiger partial charge in [0.1, 0.15) is 29.5 Å². The third kappa shape index (κ3) is 4.55. The van der Waals surface area contributed by atoms with E-state index < -0.39 is 33.9 Å². The molecule has 1 saturated heterocycles. The van der Waals surface area contributed by atoms with E-state index in [1.807, 2.05) is 0 Å². The van der Waals surface area contributed by atoms with Crippen molar-refractivity contribution in [3.05, 3.63) is 41.5 Å². The second kappa shape index (κ2) is 8.84. The van der Waals surface area contributed by atoms with E-state index in [-0.39, 0.29) is 40.1 Å². The predicted octanol–water partition coefficient (Wildman–Crippen LogP) is 0.338. The molecule has 0 saturated carbocycles. The number of sulfonamides is 1. The standard InChI is InChI=1S/C21H19FN4O6S/c1-26-8-18-20(19(26)21(28)24-14-3-4-15(22)13(6-14)7-23)32-11-16(25-33(18,29)30)17(27)5-2-12-9-31-10-12/h3-4,6,8,12,16-17,25,27H,9-11H2,1H3,(H,24,28)/t16-,17+/m0/s1. The van der Waals surface area contributed by atoms with Crippen LogP contribution in [0.15, 0.2) is 29.3 Å². The smallest absolute Gasteiger partial charge is 0.276 e. The van der Waals surface area contributed by atoms with Crippen molar-refractivity contribution in [1.29, 1.82) is 5.26 Å². The summed E-state index contributed by atoms with van der Waals surface area (Å²) in [6, 6.07) is 4.08. The van der Waals surface area contributed by atoms with E-state index in [1.54, 1.807) is 6.07 Å². The van der Waals surface area contributed by atoms with Crippen LogP contribution >= 0.6 is 0 Å². The monoisotopic (exact) mass is 474 g/mol. The molecule has 4 rings (SSSR count). The van der Waals surface area contributed by atoms with Gasteiger partial charge in [0.2, 0.25) is 10.0 Å². The molecule has 0 aliphatic carbocycles. The number of amides is 1. The second-order valence-electron chi connectivity index (χ2n) is 7.55. The topological polar surface area (TPSA) is 143 Å². The molecule has 2 atom stereocenters. The Morgan fingerprint density at radius 1 is 1.39 bits per heavy atom. The van der Waals surface area contributed by atoms with Crippen LogP contribution in [0.3, 0.4) is 0 Å². The number of nitrogens with zero attached hydrogens (tertiary/aromatic N) is 2. The van der Waals surface area contributed by atoms with Gasteiger partial charge in [0.25, 0.3) is 5.91 Å². The van der Waals surface area contributed by atoms with Crippen molar-refractivity contribution < 1.29 is 32.2 Å². The zero-order chi connectivity index (χ0) is 23.8. The Labute approximate surface area is 189 Å². The number of ether oxygens (including phenoxy) is 2. The Morgan fingerprint density at radius 2 is 2.15 bits per heavy atom. The van der Waals surface area contributed by atoms with E-state index >= 15 is 0 Å². The largest absolute Gasteiger partial charge is 0.488 e. The highest BCUT2D eigenvalue weighted by molar-refractivity contribution is 7.89. The van der Waals surface area contributed by atoms with Gasteiger partial charge in [-0.2, -0.15) is 5.26 Å². The van der Waals surface area contributed by atoms with E-state index in [0.717, 1.165) is 12.1 Å². The van der Waals surface area contributed by atoms with Gasteiger partial charge in [-0.05, 0) is 18.2 Å². The Bertz CT molecular complexity index is 1320. The van der Waals surface area contributed by atoms with Gasteiger partial charge in [0.15, 0.2) is 11.4 Å². The highest BCUT2D eigenvalue weighted by Crippen LogP contribution is 2.33. The average molecular weight is 474 g/mol. The highest BCUT2D eigenvalue weighted by Gasteiger charge is 2.36. The fraction of sp³-hybridized carbons (Fsp3) is 0.333. The van der Waals surface area contributed by atoms with Gasteiger partial charge in [-0.3, -0.25) is 4.79 Å². The zero-order valence-corrected chi connectivity index (χ0v) is 18.1. The Kier molecular flexibility index (Phi) is 6.10. The fourth-order valence-corrected chi connectivity index (χ4v) is 4.72. The molecule has 10 nitrogen and oxygen atoms in total. The Hall–Kier alpha value is -3.42. The summed E-state index contributed by atoms with van der Waals surface area (Å²) in [4.78, 5) is 12.6. The minimum Gasteiger partial charge on any atom is -0.488 e. The number of fused-ring (bicyclic) bond motifs is 1. The lowest BCUT2D eigenvalue weighted by Gasteiger charge is -2.21. The number of aromatic nitrogens is 1. The van der Waals surface area contributed by atoms with Crippen molar-refractivity contribution in [2.45, 2.75) is 17.0 Å². The lowest BCUT2D eigenvalue weighted by Crippen LogP contribution is -2.45. The van der Waals surface area contributed by atoms with Crippen LogP contribution in [0.25, 0.3) is 0 Å². The van der Waals surface area contributed by atoms with Gasteiger partial charge in [-0.15, -0.1) is 0 Å². The maximum atomic E-state index is 13.6. The van der Waals surface area contributed by atoms with E-state index in [1.165, 1.54) is 23.9 Å². The summed E-state index contributed by atoms with van der Waals surface area (Å²) < 4.78 is 53.6. The molecule has 3 heterocycles. The van der Waals surface area contributed by atoms with Gasteiger partial charge >= 0.3 is 0 Å². The highest BCUT2D eigenvalue weighted by atomic mass is 32.2. The van der Waals surface area contributed by atoms with E-state index in [2.05, 4.69) is 21.9 Å². The Morgan fingerprint density at radius 3 is 2.82 bits per heavy atom. The SMILES string of the molecule is Cn1cc2c(c1C(=O)Nc1ccc(F)c(C#N)c1)OC[C@@H]([C@H](O)C#CC1COC1)NS2(=O)=O. The molecule has 0 unspecified atom stereocenters.